The predicted molar refractivity (Wildman–Crippen MR) is 99.3 cm³/mol. The topological polar surface area (TPSA) is 60.3 Å². The molecule has 0 radical (unpaired) electrons. The van der Waals surface area contributed by atoms with Crippen LogP contribution in [-0.4, -0.2) is 17.6 Å². The van der Waals surface area contributed by atoms with Crippen molar-refractivity contribution in [1.29, 1.82) is 0 Å². The van der Waals surface area contributed by atoms with E-state index in [4.69, 9.17) is 4.74 Å². The maximum Gasteiger partial charge on any atom is 0.244 e. The molecule has 3 rings (SSSR count). The van der Waals surface area contributed by atoms with Gasteiger partial charge in [0.25, 0.3) is 0 Å². The molecule has 0 saturated carbocycles. The van der Waals surface area contributed by atoms with Crippen molar-refractivity contribution in [1.82, 2.24) is 4.57 Å². The normalized spacial score (nSPS) is 10.7. The lowest BCUT2D eigenvalue weighted by Gasteiger charge is -2.14. The number of anilines is 1. The van der Waals surface area contributed by atoms with E-state index in [1.807, 2.05) is 38.1 Å². The molecule has 1 aromatic heterocycles. The molecule has 0 spiro atoms. The van der Waals surface area contributed by atoms with Gasteiger partial charge in [-0.2, -0.15) is 0 Å². The number of amides is 1. The molecule has 5 nitrogen and oxygen atoms in total. The highest BCUT2D eigenvalue weighted by molar-refractivity contribution is 5.93. The Bertz CT molecular complexity index is 1010. The monoisotopic (exact) mass is 336 g/mol. The number of hydrogen-bond donors (Lipinski definition) is 1. The Labute approximate surface area is 145 Å². The molecule has 25 heavy (non-hydrogen) atoms. The number of hydrogen-bond acceptors (Lipinski definition) is 3. The van der Waals surface area contributed by atoms with E-state index in [2.05, 4.69) is 5.32 Å². The second kappa shape index (κ2) is 6.81. The average Bonchev–Trinajstić information content (AvgIpc) is 2.57. The van der Waals surface area contributed by atoms with Gasteiger partial charge in [-0.25, -0.2) is 0 Å². The summed E-state index contributed by atoms with van der Waals surface area (Å²) in [4.78, 5) is 24.7. The van der Waals surface area contributed by atoms with E-state index >= 15 is 0 Å². The summed E-state index contributed by atoms with van der Waals surface area (Å²) in [7, 11) is 1.56. The first kappa shape index (κ1) is 16.8. The Morgan fingerprint density at radius 1 is 1.16 bits per heavy atom. The van der Waals surface area contributed by atoms with Crippen molar-refractivity contribution >= 4 is 22.5 Å². The van der Waals surface area contributed by atoms with Crippen LogP contribution in [0.4, 0.5) is 5.69 Å². The Morgan fingerprint density at radius 3 is 2.68 bits per heavy atom. The van der Waals surface area contributed by atoms with Crippen molar-refractivity contribution in [3.05, 3.63) is 70.0 Å². The number of rotatable bonds is 4. The first-order valence-electron chi connectivity index (χ1n) is 8.03. The fraction of sp³-hybridized carbons (Fsp3) is 0.200. The number of nitrogens with one attached hydrogen (secondary N) is 1. The van der Waals surface area contributed by atoms with Gasteiger partial charge in [-0.1, -0.05) is 18.2 Å². The van der Waals surface area contributed by atoms with E-state index in [0.717, 1.165) is 16.6 Å². The number of aryl methyl sites for hydroxylation is 2. The largest absolute Gasteiger partial charge is 0.495 e. The van der Waals surface area contributed by atoms with Crippen LogP contribution in [0.25, 0.3) is 10.9 Å². The zero-order chi connectivity index (χ0) is 18.0. The molecule has 2 aromatic carbocycles. The summed E-state index contributed by atoms with van der Waals surface area (Å²) in [6.07, 6.45) is 1.66. The number of para-hydroxylation sites is 2. The van der Waals surface area contributed by atoms with E-state index in [0.29, 0.717) is 16.8 Å². The average molecular weight is 336 g/mol. The highest BCUT2D eigenvalue weighted by Gasteiger charge is 2.11. The molecular weight excluding hydrogens is 316 g/mol. The number of fused-ring (bicyclic) bond motifs is 1. The van der Waals surface area contributed by atoms with Gasteiger partial charge in [0, 0.05) is 17.6 Å². The molecule has 0 aliphatic rings. The molecule has 3 aromatic rings. The maximum absolute atomic E-state index is 12.5. The van der Waals surface area contributed by atoms with Crippen LogP contribution in [0, 0.1) is 13.8 Å². The van der Waals surface area contributed by atoms with Crippen LogP contribution in [0.3, 0.4) is 0 Å². The van der Waals surface area contributed by atoms with Crippen LogP contribution < -0.4 is 15.5 Å². The Balaban J connectivity index is 1.94. The van der Waals surface area contributed by atoms with Gasteiger partial charge in [-0.15, -0.1) is 0 Å². The standard InChI is InChI=1S/C20H20N2O3/c1-13-10-14(2)20-16(11-13)22(9-8-17(20)23)12-19(24)21-15-6-4-5-7-18(15)25-3/h4-11H,12H2,1-3H3,(H,21,24). The van der Waals surface area contributed by atoms with Gasteiger partial charge in [0.05, 0.1) is 18.3 Å². The number of carbonyl (C=O) groups excluding carboxylic acids is 1. The lowest BCUT2D eigenvalue weighted by Crippen LogP contribution is -2.21. The molecule has 0 fully saturated rings. The van der Waals surface area contributed by atoms with Crippen LogP contribution >= 0.6 is 0 Å². The van der Waals surface area contributed by atoms with Gasteiger partial charge < -0.3 is 14.6 Å². The van der Waals surface area contributed by atoms with Gasteiger partial charge in [-0.3, -0.25) is 9.59 Å². The van der Waals surface area contributed by atoms with E-state index < -0.39 is 0 Å². The second-order valence-corrected chi connectivity index (χ2v) is 6.03. The van der Waals surface area contributed by atoms with Crippen molar-refractivity contribution in [3.63, 3.8) is 0 Å². The van der Waals surface area contributed by atoms with Gasteiger partial charge in [-0.05, 0) is 43.2 Å². The SMILES string of the molecule is COc1ccccc1NC(=O)Cn1ccc(=O)c2c(C)cc(C)cc21. The predicted octanol–water partition coefficient (Wildman–Crippen LogP) is 3.27. The fourth-order valence-corrected chi connectivity index (χ4v) is 3.04. The van der Waals surface area contributed by atoms with Gasteiger partial charge in [0.15, 0.2) is 5.43 Å². The van der Waals surface area contributed by atoms with E-state index in [1.54, 1.807) is 30.0 Å². The molecule has 0 aliphatic carbocycles. The van der Waals surface area contributed by atoms with Crippen molar-refractivity contribution in [2.45, 2.75) is 20.4 Å². The van der Waals surface area contributed by atoms with Crippen LogP contribution in [0.1, 0.15) is 11.1 Å². The lowest BCUT2D eigenvalue weighted by atomic mass is 10.1. The van der Waals surface area contributed by atoms with E-state index in [-0.39, 0.29) is 17.9 Å². The quantitative estimate of drug-likeness (QED) is 0.795. The number of methoxy groups -OCH3 is 1. The van der Waals surface area contributed by atoms with Crippen LogP contribution in [0.5, 0.6) is 5.75 Å². The number of nitrogens with zero attached hydrogens (tertiary/aromatic N) is 1. The zero-order valence-corrected chi connectivity index (χ0v) is 14.5. The maximum atomic E-state index is 12.5. The summed E-state index contributed by atoms with van der Waals surface area (Å²) in [5.41, 5.74) is 3.32. The zero-order valence-electron chi connectivity index (χ0n) is 14.5. The van der Waals surface area contributed by atoms with Gasteiger partial charge in [0.1, 0.15) is 12.3 Å². The third-order valence-electron chi connectivity index (χ3n) is 4.12. The van der Waals surface area contributed by atoms with Crippen LogP contribution in [0.15, 0.2) is 53.5 Å². The first-order valence-corrected chi connectivity index (χ1v) is 8.03. The summed E-state index contributed by atoms with van der Waals surface area (Å²) < 4.78 is 7.04. The number of aromatic nitrogens is 1. The molecule has 0 atom stereocenters. The van der Waals surface area contributed by atoms with E-state index in [9.17, 15) is 9.59 Å². The van der Waals surface area contributed by atoms with Gasteiger partial charge >= 0.3 is 0 Å². The minimum Gasteiger partial charge on any atom is -0.495 e. The molecule has 0 bridgehead atoms. The second-order valence-electron chi connectivity index (χ2n) is 6.03. The minimum atomic E-state index is -0.186. The molecule has 128 valence electrons. The highest BCUT2D eigenvalue weighted by Crippen LogP contribution is 2.23. The summed E-state index contributed by atoms with van der Waals surface area (Å²) in [6, 6.07) is 12.7. The first-order chi connectivity index (χ1) is 12.0. The molecule has 0 unspecified atom stereocenters. The minimum absolute atomic E-state index is 0.0334. The number of pyridine rings is 1. The van der Waals surface area contributed by atoms with E-state index in [1.165, 1.54) is 6.07 Å². The summed E-state index contributed by atoms with van der Waals surface area (Å²) in [6.45, 7) is 4.00. The third-order valence-corrected chi connectivity index (χ3v) is 4.12. The summed E-state index contributed by atoms with van der Waals surface area (Å²) in [5.74, 6) is 0.418. The van der Waals surface area contributed by atoms with Crippen molar-refractivity contribution in [2.24, 2.45) is 0 Å². The molecular formula is C20H20N2O3. The number of carbonyl (C=O) groups is 1. The van der Waals surface area contributed by atoms with Crippen LogP contribution in [0.2, 0.25) is 0 Å². The Morgan fingerprint density at radius 2 is 1.92 bits per heavy atom. The molecule has 1 amide bonds. The van der Waals surface area contributed by atoms with Crippen molar-refractivity contribution in [2.75, 3.05) is 12.4 Å². The molecule has 0 aliphatic heterocycles. The highest BCUT2D eigenvalue weighted by atomic mass is 16.5. The fourth-order valence-electron chi connectivity index (χ4n) is 3.04. The third kappa shape index (κ3) is 3.40. The molecule has 5 heteroatoms. The molecule has 1 heterocycles. The van der Waals surface area contributed by atoms with Gasteiger partial charge in [0.2, 0.25) is 5.91 Å². The Hall–Kier alpha value is -3.08. The lowest BCUT2D eigenvalue weighted by molar-refractivity contribution is -0.116. The Kier molecular flexibility index (Phi) is 4.57. The molecule has 1 N–H and O–H groups in total. The summed E-state index contributed by atoms with van der Waals surface area (Å²) in [5, 5.41) is 3.51. The number of ether oxygens (including phenoxy) is 1. The molecule has 0 saturated heterocycles. The van der Waals surface area contributed by atoms with Crippen molar-refractivity contribution in [3.8, 4) is 5.75 Å². The smallest absolute Gasteiger partial charge is 0.244 e. The summed E-state index contributed by atoms with van der Waals surface area (Å²) >= 11 is 0. The van der Waals surface area contributed by atoms with Crippen molar-refractivity contribution < 1.29 is 9.53 Å². The number of benzene rings is 2. The van der Waals surface area contributed by atoms with Crippen LogP contribution in [-0.2, 0) is 11.3 Å².